The second kappa shape index (κ2) is 4.38. The molecule has 12 heavy (non-hydrogen) atoms. The third-order valence-corrected chi connectivity index (χ3v) is 4.37. The lowest BCUT2D eigenvalue weighted by atomic mass is 9.87. The quantitative estimate of drug-likeness (QED) is 0.743. The third kappa shape index (κ3) is 2.56. The molecular weight excluding hydrogens is 234 g/mol. The van der Waals surface area contributed by atoms with E-state index in [1.807, 2.05) is 11.6 Å². The molecule has 0 aliphatic carbocycles. The minimum absolute atomic E-state index is 0.373. The molecule has 68 valence electrons. The molecule has 1 rings (SSSR count). The lowest BCUT2D eigenvalue weighted by Gasteiger charge is -2.23. The van der Waals surface area contributed by atoms with E-state index in [-0.39, 0.29) is 0 Å². The molecule has 1 aromatic heterocycles. The fourth-order valence-corrected chi connectivity index (χ4v) is 2.40. The van der Waals surface area contributed by atoms with Crippen LogP contribution in [0.5, 0.6) is 0 Å². The van der Waals surface area contributed by atoms with Crippen LogP contribution >= 0.6 is 27.3 Å². The molecule has 0 saturated heterocycles. The van der Waals surface area contributed by atoms with Crippen molar-refractivity contribution >= 4 is 27.3 Å². The van der Waals surface area contributed by atoms with E-state index < -0.39 is 0 Å². The van der Waals surface area contributed by atoms with E-state index in [1.54, 1.807) is 11.3 Å². The molecule has 1 aromatic rings. The van der Waals surface area contributed by atoms with E-state index in [9.17, 15) is 0 Å². The van der Waals surface area contributed by atoms with Crippen LogP contribution in [0.25, 0.3) is 0 Å². The molecule has 0 N–H and O–H groups in total. The van der Waals surface area contributed by atoms with Crippen LogP contribution in [-0.2, 0) is 6.42 Å². The van der Waals surface area contributed by atoms with Gasteiger partial charge in [0.05, 0.1) is 5.01 Å². The van der Waals surface area contributed by atoms with Crippen LogP contribution in [0.3, 0.4) is 0 Å². The first-order valence-corrected chi connectivity index (χ1v) is 6.14. The summed E-state index contributed by atoms with van der Waals surface area (Å²) >= 11 is 5.30. The molecule has 0 spiro atoms. The van der Waals surface area contributed by atoms with E-state index >= 15 is 0 Å². The summed E-state index contributed by atoms with van der Waals surface area (Å²) in [7, 11) is 0. The summed E-state index contributed by atoms with van der Waals surface area (Å²) in [6, 6.07) is 0. The van der Waals surface area contributed by atoms with Gasteiger partial charge in [-0.3, -0.25) is 0 Å². The highest BCUT2D eigenvalue weighted by molar-refractivity contribution is 9.09. The van der Waals surface area contributed by atoms with Crippen molar-refractivity contribution < 1.29 is 0 Å². The van der Waals surface area contributed by atoms with Crippen LogP contribution in [0, 0.1) is 5.41 Å². The number of hydrogen-bond acceptors (Lipinski definition) is 2. The maximum absolute atomic E-state index is 4.29. The van der Waals surface area contributed by atoms with Gasteiger partial charge in [-0.2, -0.15) is 0 Å². The van der Waals surface area contributed by atoms with E-state index in [0.29, 0.717) is 5.41 Å². The van der Waals surface area contributed by atoms with Crippen LogP contribution in [0.4, 0.5) is 0 Å². The number of rotatable bonds is 4. The van der Waals surface area contributed by atoms with Crippen molar-refractivity contribution in [3.8, 4) is 0 Å². The summed E-state index contributed by atoms with van der Waals surface area (Å²) in [6.45, 7) is 4.53. The average molecular weight is 248 g/mol. The molecule has 1 atom stereocenters. The summed E-state index contributed by atoms with van der Waals surface area (Å²) in [5.41, 5.74) is 0.373. The Kier molecular flexibility index (Phi) is 3.72. The van der Waals surface area contributed by atoms with Crippen molar-refractivity contribution in [1.29, 1.82) is 0 Å². The molecule has 1 heterocycles. The lowest BCUT2D eigenvalue weighted by molar-refractivity contribution is 0.361. The van der Waals surface area contributed by atoms with Gasteiger partial charge >= 0.3 is 0 Å². The first kappa shape index (κ1) is 10.2. The van der Waals surface area contributed by atoms with Gasteiger partial charge in [0, 0.05) is 23.3 Å². The Morgan fingerprint density at radius 2 is 2.42 bits per heavy atom. The minimum Gasteiger partial charge on any atom is -0.250 e. The molecule has 0 fully saturated rings. The van der Waals surface area contributed by atoms with Gasteiger partial charge in [0.1, 0.15) is 0 Å². The normalized spacial score (nSPS) is 15.9. The van der Waals surface area contributed by atoms with Crippen LogP contribution in [0.1, 0.15) is 25.3 Å². The molecule has 3 heteroatoms. The van der Waals surface area contributed by atoms with Gasteiger partial charge in [-0.1, -0.05) is 29.8 Å². The molecule has 0 aromatic carbocycles. The van der Waals surface area contributed by atoms with Gasteiger partial charge in [0.2, 0.25) is 0 Å². The maximum atomic E-state index is 4.29. The van der Waals surface area contributed by atoms with E-state index in [1.165, 1.54) is 11.4 Å². The van der Waals surface area contributed by atoms with Crippen molar-refractivity contribution in [2.75, 3.05) is 5.33 Å². The topological polar surface area (TPSA) is 12.9 Å². The smallest absolute Gasteiger partial charge is 0.0930 e. The summed E-state index contributed by atoms with van der Waals surface area (Å²) in [5, 5.41) is 4.34. The minimum atomic E-state index is 0.373. The standard InChI is InChI=1S/C9H14BrNS/c1-3-9(2,7-10)6-8-11-4-5-12-8/h4-5H,3,6-7H2,1-2H3. The zero-order valence-corrected chi connectivity index (χ0v) is 9.91. The highest BCUT2D eigenvalue weighted by Gasteiger charge is 2.21. The Morgan fingerprint density at radius 1 is 1.67 bits per heavy atom. The Balaban J connectivity index is 2.60. The second-order valence-corrected chi connectivity index (χ2v) is 4.94. The predicted octanol–water partition coefficient (Wildman–Crippen LogP) is 3.50. The molecule has 0 radical (unpaired) electrons. The van der Waals surface area contributed by atoms with Crippen LogP contribution in [-0.4, -0.2) is 10.3 Å². The van der Waals surface area contributed by atoms with E-state index in [4.69, 9.17) is 0 Å². The fraction of sp³-hybridized carbons (Fsp3) is 0.667. The number of alkyl halides is 1. The molecular formula is C9H14BrNS. The Labute approximate surface area is 86.3 Å². The second-order valence-electron chi connectivity index (χ2n) is 3.40. The SMILES string of the molecule is CCC(C)(CBr)Cc1nccs1. The van der Waals surface area contributed by atoms with Crippen molar-refractivity contribution in [1.82, 2.24) is 4.98 Å². The predicted molar refractivity (Wildman–Crippen MR) is 58.0 cm³/mol. The van der Waals surface area contributed by atoms with Crippen molar-refractivity contribution in [2.24, 2.45) is 5.41 Å². The third-order valence-electron chi connectivity index (χ3n) is 2.24. The van der Waals surface area contributed by atoms with Gasteiger partial charge in [0.15, 0.2) is 0 Å². The van der Waals surface area contributed by atoms with E-state index in [2.05, 4.69) is 34.8 Å². The molecule has 0 bridgehead atoms. The lowest BCUT2D eigenvalue weighted by Crippen LogP contribution is -2.20. The molecule has 0 aliphatic rings. The Bertz CT molecular complexity index is 216. The van der Waals surface area contributed by atoms with Gasteiger partial charge in [-0.15, -0.1) is 11.3 Å². The summed E-state index contributed by atoms with van der Waals surface area (Å²) < 4.78 is 0. The highest BCUT2D eigenvalue weighted by Crippen LogP contribution is 2.29. The first-order chi connectivity index (χ1) is 5.70. The first-order valence-electron chi connectivity index (χ1n) is 4.14. The molecule has 1 unspecified atom stereocenters. The van der Waals surface area contributed by atoms with Gasteiger partial charge < -0.3 is 0 Å². The van der Waals surface area contributed by atoms with Crippen molar-refractivity contribution in [3.05, 3.63) is 16.6 Å². The fourth-order valence-electron chi connectivity index (χ4n) is 0.972. The summed E-state index contributed by atoms with van der Waals surface area (Å²) in [5.74, 6) is 0. The summed E-state index contributed by atoms with van der Waals surface area (Å²) in [4.78, 5) is 4.29. The number of thiazole rings is 1. The van der Waals surface area contributed by atoms with Gasteiger partial charge in [-0.25, -0.2) is 4.98 Å². The number of nitrogens with zero attached hydrogens (tertiary/aromatic N) is 1. The summed E-state index contributed by atoms with van der Waals surface area (Å²) in [6.07, 6.45) is 4.16. The molecule has 0 saturated carbocycles. The largest absolute Gasteiger partial charge is 0.250 e. The Hall–Kier alpha value is 0.110. The molecule has 1 nitrogen and oxygen atoms in total. The zero-order chi connectivity index (χ0) is 9.03. The highest BCUT2D eigenvalue weighted by atomic mass is 79.9. The van der Waals surface area contributed by atoms with Crippen LogP contribution < -0.4 is 0 Å². The maximum Gasteiger partial charge on any atom is 0.0930 e. The van der Waals surface area contributed by atoms with Crippen LogP contribution in [0.2, 0.25) is 0 Å². The molecule has 0 aliphatic heterocycles. The number of halogens is 1. The van der Waals surface area contributed by atoms with E-state index in [0.717, 1.165) is 11.8 Å². The monoisotopic (exact) mass is 247 g/mol. The van der Waals surface area contributed by atoms with Crippen molar-refractivity contribution in [3.63, 3.8) is 0 Å². The Morgan fingerprint density at radius 3 is 2.83 bits per heavy atom. The zero-order valence-electron chi connectivity index (χ0n) is 7.51. The molecule has 0 amide bonds. The van der Waals surface area contributed by atoms with Gasteiger partial charge in [0.25, 0.3) is 0 Å². The number of aromatic nitrogens is 1. The van der Waals surface area contributed by atoms with Crippen LogP contribution in [0.15, 0.2) is 11.6 Å². The van der Waals surface area contributed by atoms with Gasteiger partial charge in [-0.05, 0) is 11.8 Å². The van der Waals surface area contributed by atoms with Crippen molar-refractivity contribution in [2.45, 2.75) is 26.7 Å². The average Bonchev–Trinajstić information content (AvgIpc) is 2.57. The number of hydrogen-bond donors (Lipinski definition) is 0.